The number of rotatable bonds is 5. The Labute approximate surface area is 92.1 Å². The average molecular weight is 204 g/mol. The highest BCUT2D eigenvalue weighted by Crippen LogP contribution is 2.27. The van der Waals surface area contributed by atoms with Crippen molar-refractivity contribution in [1.82, 2.24) is 4.90 Å². The van der Waals surface area contributed by atoms with Gasteiger partial charge in [-0.3, -0.25) is 4.90 Å². The van der Waals surface area contributed by atoms with Gasteiger partial charge in [-0.2, -0.15) is 0 Å². The highest BCUT2D eigenvalue weighted by molar-refractivity contribution is 5.18. The third kappa shape index (κ3) is 2.80. The Morgan fingerprint density at radius 1 is 1.33 bits per heavy atom. The SMILES string of the molecule is CCN(CC(N)c1ccccc1)C1CC1. The van der Waals surface area contributed by atoms with Crippen LogP contribution in [0.3, 0.4) is 0 Å². The first-order chi connectivity index (χ1) is 7.31. The molecule has 1 atom stereocenters. The second kappa shape index (κ2) is 4.77. The third-order valence-corrected chi connectivity index (χ3v) is 3.13. The number of nitrogens with two attached hydrogens (primary N) is 1. The van der Waals surface area contributed by atoms with E-state index in [2.05, 4.69) is 36.1 Å². The van der Waals surface area contributed by atoms with Crippen LogP contribution < -0.4 is 5.73 Å². The molecule has 0 aromatic heterocycles. The first-order valence-electron chi connectivity index (χ1n) is 5.86. The van der Waals surface area contributed by atoms with Gasteiger partial charge in [-0.25, -0.2) is 0 Å². The largest absolute Gasteiger partial charge is 0.323 e. The van der Waals surface area contributed by atoms with Gasteiger partial charge in [0.05, 0.1) is 0 Å². The van der Waals surface area contributed by atoms with Gasteiger partial charge >= 0.3 is 0 Å². The summed E-state index contributed by atoms with van der Waals surface area (Å²) in [6.07, 6.45) is 2.71. The predicted octanol–water partition coefficient (Wildman–Crippen LogP) is 2.17. The van der Waals surface area contributed by atoms with Crippen LogP contribution in [0.4, 0.5) is 0 Å². The zero-order chi connectivity index (χ0) is 10.7. The molecule has 1 aliphatic rings. The number of nitrogens with zero attached hydrogens (tertiary/aromatic N) is 1. The second-order valence-electron chi connectivity index (χ2n) is 4.34. The molecule has 0 radical (unpaired) electrons. The molecule has 1 saturated carbocycles. The van der Waals surface area contributed by atoms with E-state index in [0.29, 0.717) is 0 Å². The van der Waals surface area contributed by atoms with Crippen molar-refractivity contribution in [1.29, 1.82) is 0 Å². The Bertz CT molecular complexity index is 293. The first kappa shape index (κ1) is 10.7. The van der Waals surface area contributed by atoms with Crippen LogP contribution in [-0.4, -0.2) is 24.0 Å². The van der Waals surface area contributed by atoms with Crippen molar-refractivity contribution in [2.24, 2.45) is 5.73 Å². The summed E-state index contributed by atoms with van der Waals surface area (Å²) >= 11 is 0. The van der Waals surface area contributed by atoms with Gasteiger partial charge in [-0.1, -0.05) is 37.3 Å². The topological polar surface area (TPSA) is 29.3 Å². The summed E-state index contributed by atoms with van der Waals surface area (Å²) in [7, 11) is 0. The summed E-state index contributed by atoms with van der Waals surface area (Å²) in [5, 5.41) is 0. The quantitative estimate of drug-likeness (QED) is 0.796. The fourth-order valence-corrected chi connectivity index (χ4v) is 2.03. The van der Waals surface area contributed by atoms with Crippen LogP contribution in [0.5, 0.6) is 0 Å². The van der Waals surface area contributed by atoms with Crippen LogP contribution in [0.2, 0.25) is 0 Å². The molecular formula is C13H20N2. The van der Waals surface area contributed by atoms with Crippen molar-refractivity contribution in [2.45, 2.75) is 31.8 Å². The molecule has 1 fully saturated rings. The smallest absolute Gasteiger partial charge is 0.0424 e. The van der Waals surface area contributed by atoms with E-state index in [-0.39, 0.29) is 6.04 Å². The van der Waals surface area contributed by atoms with Gasteiger partial charge in [-0.15, -0.1) is 0 Å². The number of hydrogen-bond donors (Lipinski definition) is 1. The summed E-state index contributed by atoms with van der Waals surface area (Å²) < 4.78 is 0. The Morgan fingerprint density at radius 3 is 2.53 bits per heavy atom. The fourth-order valence-electron chi connectivity index (χ4n) is 2.03. The Hall–Kier alpha value is -0.860. The Kier molecular flexibility index (Phi) is 3.39. The van der Waals surface area contributed by atoms with E-state index in [4.69, 9.17) is 5.73 Å². The van der Waals surface area contributed by atoms with Crippen LogP contribution >= 0.6 is 0 Å². The monoisotopic (exact) mass is 204 g/mol. The molecule has 15 heavy (non-hydrogen) atoms. The number of likely N-dealkylation sites (N-methyl/N-ethyl adjacent to an activating group) is 1. The molecule has 0 spiro atoms. The summed E-state index contributed by atoms with van der Waals surface area (Å²) in [6, 6.07) is 11.4. The van der Waals surface area contributed by atoms with Gasteiger partial charge in [0.15, 0.2) is 0 Å². The molecule has 0 saturated heterocycles. The normalized spacial score (nSPS) is 18.1. The van der Waals surface area contributed by atoms with Crippen molar-refractivity contribution in [3.8, 4) is 0 Å². The lowest BCUT2D eigenvalue weighted by Gasteiger charge is -2.24. The van der Waals surface area contributed by atoms with Gasteiger partial charge in [0.25, 0.3) is 0 Å². The molecule has 1 aromatic rings. The maximum atomic E-state index is 6.20. The lowest BCUT2D eigenvalue weighted by atomic mass is 10.1. The molecule has 0 bridgehead atoms. The molecular weight excluding hydrogens is 184 g/mol. The second-order valence-corrected chi connectivity index (χ2v) is 4.34. The van der Waals surface area contributed by atoms with Crippen molar-refractivity contribution in [2.75, 3.05) is 13.1 Å². The summed E-state index contributed by atoms with van der Waals surface area (Å²) in [5.74, 6) is 0. The minimum atomic E-state index is 0.159. The van der Waals surface area contributed by atoms with E-state index in [1.54, 1.807) is 0 Å². The van der Waals surface area contributed by atoms with Crippen LogP contribution in [0.1, 0.15) is 31.4 Å². The van der Waals surface area contributed by atoms with Crippen LogP contribution in [0.25, 0.3) is 0 Å². The molecule has 2 rings (SSSR count). The van der Waals surface area contributed by atoms with E-state index in [1.807, 2.05) is 6.07 Å². The standard InChI is InChI=1S/C13H20N2/c1-2-15(12-8-9-12)10-13(14)11-6-4-3-5-7-11/h3-7,12-13H,2,8-10,14H2,1H3. The van der Waals surface area contributed by atoms with Crippen molar-refractivity contribution < 1.29 is 0 Å². The minimum absolute atomic E-state index is 0.159. The number of benzene rings is 1. The van der Waals surface area contributed by atoms with Gasteiger partial charge in [-0.05, 0) is 24.9 Å². The average Bonchev–Trinajstić information content (AvgIpc) is 3.10. The summed E-state index contributed by atoms with van der Waals surface area (Å²) in [4.78, 5) is 2.50. The van der Waals surface area contributed by atoms with Gasteiger partial charge in [0.1, 0.15) is 0 Å². The molecule has 82 valence electrons. The lowest BCUT2D eigenvalue weighted by molar-refractivity contribution is 0.260. The predicted molar refractivity (Wildman–Crippen MR) is 63.6 cm³/mol. The highest BCUT2D eigenvalue weighted by atomic mass is 15.2. The van der Waals surface area contributed by atoms with Crippen LogP contribution in [0.15, 0.2) is 30.3 Å². The molecule has 2 heteroatoms. The number of hydrogen-bond acceptors (Lipinski definition) is 2. The minimum Gasteiger partial charge on any atom is -0.323 e. The molecule has 1 aliphatic carbocycles. The molecule has 0 aliphatic heterocycles. The third-order valence-electron chi connectivity index (χ3n) is 3.13. The molecule has 0 amide bonds. The van der Waals surface area contributed by atoms with Crippen molar-refractivity contribution in [3.63, 3.8) is 0 Å². The molecule has 0 heterocycles. The molecule has 2 nitrogen and oxygen atoms in total. The van der Waals surface area contributed by atoms with Crippen LogP contribution in [0, 0.1) is 0 Å². The lowest BCUT2D eigenvalue weighted by Crippen LogP contribution is -2.33. The maximum absolute atomic E-state index is 6.20. The zero-order valence-corrected chi connectivity index (χ0v) is 9.39. The van der Waals surface area contributed by atoms with Crippen molar-refractivity contribution >= 4 is 0 Å². The van der Waals surface area contributed by atoms with Gasteiger partial charge < -0.3 is 5.73 Å². The van der Waals surface area contributed by atoms with E-state index in [1.165, 1.54) is 18.4 Å². The molecule has 1 aromatic carbocycles. The van der Waals surface area contributed by atoms with Gasteiger partial charge in [0.2, 0.25) is 0 Å². The Balaban J connectivity index is 1.93. The summed E-state index contributed by atoms with van der Waals surface area (Å²) in [5.41, 5.74) is 7.44. The fraction of sp³-hybridized carbons (Fsp3) is 0.538. The highest BCUT2D eigenvalue weighted by Gasteiger charge is 2.28. The van der Waals surface area contributed by atoms with E-state index >= 15 is 0 Å². The van der Waals surface area contributed by atoms with Crippen molar-refractivity contribution in [3.05, 3.63) is 35.9 Å². The van der Waals surface area contributed by atoms with E-state index in [0.717, 1.165) is 19.1 Å². The van der Waals surface area contributed by atoms with Crippen LogP contribution in [-0.2, 0) is 0 Å². The molecule has 2 N–H and O–H groups in total. The molecule has 1 unspecified atom stereocenters. The zero-order valence-electron chi connectivity index (χ0n) is 9.39. The van der Waals surface area contributed by atoms with Gasteiger partial charge in [0, 0.05) is 18.6 Å². The first-order valence-corrected chi connectivity index (χ1v) is 5.86. The van der Waals surface area contributed by atoms with E-state index < -0.39 is 0 Å². The Morgan fingerprint density at radius 2 is 2.00 bits per heavy atom. The van der Waals surface area contributed by atoms with E-state index in [9.17, 15) is 0 Å². The summed E-state index contributed by atoms with van der Waals surface area (Å²) in [6.45, 7) is 4.33. The maximum Gasteiger partial charge on any atom is 0.0424 e.